The molecule has 3 N–H and O–H groups in total. The Balaban J connectivity index is 1.82. The lowest BCUT2D eigenvalue weighted by Gasteiger charge is -2.03. The van der Waals surface area contributed by atoms with Crippen molar-refractivity contribution in [3.05, 3.63) is 39.2 Å². The Morgan fingerprint density at radius 1 is 1.40 bits per heavy atom. The van der Waals surface area contributed by atoms with E-state index in [1.165, 1.54) is 16.9 Å². The molecule has 0 saturated heterocycles. The summed E-state index contributed by atoms with van der Waals surface area (Å²) in [5, 5.41) is 4.90. The van der Waals surface area contributed by atoms with Gasteiger partial charge in [-0.25, -0.2) is 9.97 Å². The number of thiophene rings is 2. The molecule has 102 valence electrons. The number of nitrogen functional groups attached to an aromatic ring is 1. The third kappa shape index (κ3) is 2.25. The molecule has 3 aromatic rings. The van der Waals surface area contributed by atoms with Crippen molar-refractivity contribution in [1.82, 2.24) is 15.3 Å². The maximum absolute atomic E-state index is 12.2. The number of aromatic nitrogens is 2. The van der Waals surface area contributed by atoms with Gasteiger partial charge >= 0.3 is 0 Å². The Kier molecular flexibility index (Phi) is 3.37. The third-order valence-electron chi connectivity index (χ3n) is 2.95. The van der Waals surface area contributed by atoms with Crippen LogP contribution in [0.4, 0.5) is 5.69 Å². The minimum absolute atomic E-state index is 0.180. The minimum Gasteiger partial charge on any atom is -0.396 e. The van der Waals surface area contributed by atoms with Gasteiger partial charge in [0.05, 0.1) is 12.2 Å². The number of rotatable bonds is 3. The van der Waals surface area contributed by atoms with Crippen molar-refractivity contribution < 1.29 is 4.79 Å². The first-order chi connectivity index (χ1) is 9.66. The van der Waals surface area contributed by atoms with Gasteiger partial charge in [-0.05, 0) is 23.9 Å². The molecule has 0 bridgehead atoms. The predicted molar refractivity (Wildman–Crippen MR) is 82.1 cm³/mol. The molecule has 0 atom stereocenters. The van der Waals surface area contributed by atoms with Crippen LogP contribution in [0, 0.1) is 6.92 Å². The largest absolute Gasteiger partial charge is 0.396 e. The van der Waals surface area contributed by atoms with Crippen LogP contribution in [0.1, 0.15) is 20.1 Å². The average molecular weight is 304 g/mol. The molecule has 7 heteroatoms. The van der Waals surface area contributed by atoms with Gasteiger partial charge < -0.3 is 11.1 Å². The van der Waals surface area contributed by atoms with Crippen LogP contribution in [0.25, 0.3) is 10.3 Å². The van der Waals surface area contributed by atoms with Crippen LogP contribution in [0.2, 0.25) is 0 Å². The fraction of sp³-hybridized carbons (Fsp3) is 0.154. The number of anilines is 1. The van der Waals surface area contributed by atoms with Crippen molar-refractivity contribution in [2.45, 2.75) is 13.5 Å². The van der Waals surface area contributed by atoms with E-state index in [9.17, 15) is 4.79 Å². The molecule has 0 spiro atoms. The topological polar surface area (TPSA) is 80.9 Å². The first-order valence-electron chi connectivity index (χ1n) is 5.97. The predicted octanol–water partition coefficient (Wildman–Crippen LogP) is 2.57. The van der Waals surface area contributed by atoms with Crippen LogP contribution in [-0.2, 0) is 6.54 Å². The van der Waals surface area contributed by atoms with E-state index in [1.807, 2.05) is 18.4 Å². The lowest BCUT2D eigenvalue weighted by atomic mass is 10.3. The Bertz CT molecular complexity index is 778. The number of carbonyl (C=O) groups excluding carboxylic acids is 1. The van der Waals surface area contributed by atoms with Crippen molar-refractivity contribution in [1.29, 1.82) is 0 Å². The second-order valence-electron chi connectivity index (χ2n) is 4.26. The van der Waals surface area contributed by atoms with Crippen molar-refractivity contribution in [2.24, 2.45) is 0 Å². The quantitative estimate of drug-likeness (QED) is 0.779. The van der Waals surface area contributed by atoms with Gasteiger partial charge in [0.2, 0.25) is 0 Å². The second kappa shape index (κ2) is 5.18. The lowest BCUT2D eigenvalue weighted by molar-refractivity contribution is 0.0956. The Labute approximate surface area is 123 Å². The number of fused-ring (bicyclic) bond motifs is 1. The molecular formula is C13H12N4OS2. The van der Waals surface area contributed by atoms with Gasteiger partial charge in [-0.15, -0.1) is 22.7 Å². The van der Waals surface area contributed by atoms with Crippen LogP contribution in [0.15, 0.2) is 23.8 Å². The molecule has 0 aliphatic heterocycles. The summed E-state index contributed by atoms with van der Waals surface area (Å²) in [5.41, 5.74) is 8.15. The fourth-order valence-electron chi connectivity index (χ4n) is 1.84. The number of hydrogen-bond acceptors (Lipinski definition) is 6. The first-order valence-corrected chi connectivity index (χ1v) is 7.66. The van der Waals surface area contributed by atoms with E-state index in [2.05, 4.69) is 15.3 Å². The zero-order valence-corrected chi connectivity index (χ0v) is 12.3. The van der Waals surface area contributed by atoms with Crippen molar-refractivity contribution >= 4 is 44.6 Å². The Hall–Kier alpha value is -1.99. The zero-order valence-electron chi connectivity index (χ0n) is 10.7. The number of aryl methyl sites for hydroxylation is 1. The Morgan fingerprint density at radius 2 is 2.20 bits per heavy atom. The molecule has 3 rings (SSSR count). The molecule has 0 radical (unpaired) electrons. The number of amides is 1. The molecule has 5 nitrogen and oxygen atoms in total. The third-order valence-corrected chi connectivity index (χ3v) is 5.07. The molecular weight excluding hydrogens is 292 g/mol. The van der Waals surface area contributed by atoms with E-state index in [0.717, 1.165) is 4.88 Å². The summed E-state index contributed by atoms with van der Waals surface area (Å²) in [6.45, 7) is 2.54. The van der Waals surface area contributed by atoms with Crippen LogP contribution in [0.5, 0.6) is 0 Å². The van der Waals surface area contributed by atoms with Gasteiger partial charge in [0.25, 0.3) is 5.91 Å². The number of nitrogens with one attached hydrogen (secondary N) is 1. The van der Waals surface area contributed by atoms with Crippen molar-refractivity contribution in [2.75, 3.05) is 5.73 Å². The van der Waals surface area contributed by atoms with Crippen molar-refractivity contribution in [3.63, 3.8) is 0 Å². The summed E-state index contributed by atoms with van der Waals surface area (Å²) in [5.74, 6) is -0.180. The molecule has 0 unspecified atom stereocenters. The Morgan fingerprint density at radius 3 is 2.90 bits per heavy atom. The smallest absolute Gasteiger partial charge is 0.263 e. The van der Waals surface area contributed by atoms with Gasteiger partial charge in [-0.2, -0.15) is 0 Å². The van der Waals surface area contributed by atoms with E-state index < -0.39 is 0 Å². The van der Waals surface area contributed by atoms with Gasteiger partial charge in [0, 0.05) is 17.3 Å². The summed E-state index contributed by atoms with van der Waals surface area (Å²) < 4.78 is 0. The molecule has 3 aromatic heterocycles. The number of nitrogens with zero attached hydrogens (tertiary/aromatic N) is 2. The highest BCUT2D eigenvalue weighted by molar-refractivity contribution is 7.21. The summed E-state index contributed by atoms with van der Waals surface area (Å²) in [6.07, 6.45) is 3.16. The number of nitrogens with two attached hydrogens (primary N) is 1. The van der Waals surface area contributed by atoms with E-state index >= 15 is 0 Å². The van der Waals surface area contributed by atoms with Crippen LogP contribution < -0.4 is 11.1 Å². The molecule has 0 aliphatic rings. The highest BCUT2D eigenvalue weighted by Gasteiger charge is 2.17. The average Bonchev–Trinajstić information content (AvgIpc) is 3.01. The number of hydrogen-bond donors (Lipinski definition) is 2. The van der Waals surface area contributed by atoms with Gasteiger partial charge in [0.1, 0.15) is 15.2 Å². The molecule has 20 heavy (non-hydrogen) atoms. The molecule has 0 saturated carbocycles. The molecule has 0 fully saturated rings. The first kappa shape index (κ1) is 13.0. The van der Waals surface area contributed by atoms with Crippen molar-refractivity contribution in [3.8, 4) is 0 Å². The summed E-state index contributed by atoms with van der Waals surface area (Å²) in [6, 6.07) is 2.04. The fourth-order valence-corrected chi connectivity index (χ4v) is 3.62. The van der Waals surface area contributed by atoms with E-state index in [-0.39, 0.29) is 5.91 Å². The van der Waals surface area contributed by atoms with E-state index in [0.29, 0.717) is 27.5 Å². The number of carbonyl (C=O) groups is 1. The maximum atomic E-state index is 12.2. The minimum atomic E-state index is -0.180. The van der Waals surface area contributed by atoms with E-state index in [4.69, 9.17) is 5.73 Å². The maximum Gasteiger partial charge on any atom is 0.263 e. The van der Waals surface area contributed by atoms with Crippen LogP contribution >= 0.6 is 22.7 Å². The summed E-state index contributed by atoms with van der Waals surface area (Å²) in [4.78, 5) is 22.8. The monoisotopic (exact) mass is 304 g/mol. The molecule has 3 heterocycles. The van der Waals surface area contributed by atoms with E-state index in [1.54, 1.807) is 23.7 Å². The summed E-state index contributed by atoms with van der Waals surface area (Å²) >= 11 is 2.89. The molecule has 0 aliphatic carbocycles. The zero-order chi connectivity index (χ0) is 14.1. The van der Waals surface area contributed by atoms with Crippen LogP contribution in [0.3, 0.4) is 0 Å². The molecule has 0 aromatic carbocycles. The molecule has 1 amide bonds. The van der Waals surface area contributed by atoms with Gasteiger partial charge in [0.15, 0.2) is 0 Å². The standard InChI is InChI=1S/C13H12N4OS2/c1-7-2-5-19-8(7)6-17-12(18)11-9(14)10-13(20-11)16-4-3-15-10/h2-5H,6,14H2,1H3,(H,17,18). The van der Waals surface area contributed by atoms with Gasteiger partial charge in [-0.3, -0.25) is 4.79 Å². The highest BCUT2D eigenvalue weighted by atomic mass is 32.1. The SMILES string of the molecule is Cc1ccsc1CNC(=O)c1sc2nccnc2c1N. The van der Waals surface area contributed by atoms with Crippen LogP contribution in [-0.4, -0.2) is 15.9 Å². The second-order valence-corrected chi connectivity index (χ2v) is 6.26. The highest BCUT2D eigenvalue weighted by Crippen LogP contribution is 2.30. The normalized spacial score (nSPS) is 10.8. The van der Waals surface area contributed by atoms with Gasteiger partial charge in [-0.1, -0.05) is 0 Å². The lowest BCUT2D eigenvalue weighted by Crippen LogP contribution is -2.22. The summed E-state index contributed by atoms with van der Waals surface area (Å²) in [7, 11) is 0.